The summed E-state index contributed by atoms with van der Waals surface area (Å²) in [5.74, 6) is 1.74. The smallest absolute Gasteiger partial charge is 0.224 e. The van der Waals surface area contributed by atoms with Crippen molar-refractivity contribution in [2.45, 2.75) is 32.7 Å². The van der Waals surface area contributed by atoms with Gasteiger partial charge in [-0.3, -0.25) is 9.58 Å². The van der Waals surface area contributed by atoms with Crippen molar-refractivity contribution in [1.29, 1.82) is 0 Å². The summed E-state index contributed by atoms with van der Waals surface area (Å²) in [7, 11) is 2.09. The van der Waals surface area contributed by atoms with E-state index >= 15 is 0 Å². The first-order valence-corrected chi connectivity index (χ1v) is 9.32. The van der Waals surface area contributed by atoms with Crippen molar-refractivity contribution in [3.63, 3.8) is 0 Å². The van der Waals surface area contributed by atoms with E-state index in [4.69, 9.17) is 5.10 Å². The van der Waals surface area contributed by atoms with Crippen LogP contribution in [0.5, 0.6) is 0 Å². The molecular weight excluding hydrogens is 314 g/mol. The van der Waals surface area contributed by atoms with Crippen LogP contribution >= 0.6 is 0 Å². The number of aryl methyl sites for hydroxylation is 2. The third-order valence-corrected chi connectivity index (χ3v) is 5.24. The van der Waals surface area contributed by atoms with Crippen molar-refractivity contribution >= 4 is 11.8 Å². The second kappa shape index (κ2) is 7.00. The predicted octanol–water partition coefficient (Wildman–Crippen LogP) is 1.45. The van der Waals surface area contributed by atoms with Gasteiger partial charge in [0.15, 0.2) is 0 Å². The Labute approximate surface area is 149 Å². The van der Waals surface area contributed by atoms with Crippen molar-refractivity contribution < 1.29 is 0 Å². The van der Waals surface area contributed by atoms with Crippen LogP contribution in [-0.2, 0) is 26.4 Å². The van der Waals surface area contributed by atoms with Gasteiger partial charge in [-0.1, -0.05) is 0 Å². The van der Waals surface area contributed by atoms with Gasteiger partial charge in [0.1, 0.15) is 5.82 Å². The van der Waals surface area contributed by atoms with Gasteiger partial charge in [0.2, 0.25) is 5.95 Å². The first-order chi connectivity index (χ1) is 12.2. The van der Waals surface area contributed by atoms with Gasteiger partial charge in [-0.2, -0.15) is 10.1 Å². The molecular formula is C18H27N7. The van der Waals surface area contributed by atoms with Crippen LogP contribution in [0.2, 0.25) is 0 Å². The summed E-state index contributed by atoms with van der Waals surface area (Å²) in [5.41, 5.74) is 4.25. The van der Waals surface area contributed by atoms with Gasteiger partial charge in [-0.05, 0) is 37.8 Å². The average Bonchev–Trinajstić information content (AvgIpc) is 3.19. The van der Waals surface area contributed by atoms with Gasteiger partial charge >= 0.3 is 0 Å². The van der Waals surface area contributed by atoms with Gasteiger partial charge in [0.25, 0.3) is 0 Å². The molecule has 2 aliphatic rings. The van der Waals surface area contributed by atoms with Crippen LogP contribution in [0, 0.1) is 0 Å². The number of piperazine rings is 1. The molecule has 0 spiro atoms. The van der Waals surface area contributed by atoms with Gasteiger partial charge in [-0.15, -0.1) is 0 Å². The van der Waals surface area contributed by atoms with Crippen LogP contribution in [0.25, 0.3) is 0 Å². The minimum absolute atomic E-state index is 0.716. The maximum atomic E-state index is 4.70. The van der Waals surface area contributed by atoms with E-state index in [0.29, 0.717) is 5.95 Å². The highest BCUT2D eigenvalue weighted by Crippen LogP contribution is 2.26. The lowest BCUT2D eigenvalue weighted by atomic mass is 10.2. The van der Waals surface area contributed by atoms with Gasteiger partial charge in [0.05, 0.1) is 11.4 Å². The first-order valence-electron chi connectivity index (χ1n) is 9.32. The quantitative estimate of drug-likeness (QED) is 0.888. The molecule has 0 aromatic carbocycles. The van der Waals surface area contributed by atoms with Crippen molar-refractivity contribution in [3.05, 3.63) is 29.2 Å². The van der Waals surface area contributed by atoms with E-state index in [1.165, 1.54) is 29.8 Å². The second-order valence-electron chi connectivity index (χ2n) is 6.88. The molecule has 7 heteroatoms. The number of nitrogens with one attached hydrogen (secondary N) is 1. The Morgan fingerprint density at radius 1 is 1.16 bits per heavy atom. The molecule has 2 aromatic rings. The summed E-state index contributed by atoms with van der Waals surface area (Å²) >= 11 is 0. The molecule has 1 aliphatic carbocycles. The number of rotatable bonds is 5. The van der Waals surface area contributed by atoms with Crippen molar-refractivity contribution in [2.75, 3.05) is 42.9 Å². The van der Waals surface area contributed by atoms with Crippen LogP contribution in [0.3, 0.4) is 0 Å². The molecule has 4 rings (SSSR count). The molecule has 0 radical (unpaired) electrons. The summed E-state index contributed by atoms with van der Waals surface area (Å²) in [6.45, 7) is 8.03. The fourth-order valence-corrected chi connectivity index (χ4v) is 3.90. The average molecular weight is 341 g/mol. The van der Waals surface area contributed by atoms with Gasteiger partial charge < -0.3 is 10.2 Å². The maximum absolute atomic E-state index is 4.70. The molecule has 1 saturated heterocycles. The molecule has 2 aromatic heterocycles. The summed E-state index contributed by atoms with van der Waals surface area (Å²) in [6.07, 6.45) is 5.46. The van der Waals surface area contributed by atoms with Gasteiger partial charge in [-0.25, -0.2) is 4.98 Å². The van der Waals surface area contributed by atoms with E-state index in [1.54, 1.807) is 0 Å². The summed E-state index contributed by atoms with van der Waals surface area (Å²) in [6, 6.07) is 2.00. The van der Waals surface area contributed by atoms with Crippen molar-refractivity contribution in [1.82, 2.24) is 24.6 Å². The van der Waals surface area contributed by atoms with E-state index in [9.17, 15) is 0 Å². The molecule has 0 unspecified atom stereocenters. The molecule has 1 N–H and O–H groups in total. The first kappa shape index (κ1) is 16.3. The highest BCUT2D eigenvalue weighted by atomic mass is 15.3. The third-order valence-electron chi connectivity index (χ3n) is 5.24. The lowest BCUT2D eigenvalue weighted by Crippen LogP contribution is -2.46. The van der Waals surface area contributed by atoms with E-state index in [1.807, 2.05) is 12.3 Å². The molecule has 1 fully saturated rings. The highest BCUT2D eigenvalue weighted by molar-refractivity contribution is 5.43. The molecule has 0 saturated carbocycles. The van der Waals surface area contributed by atoms with E-state index in [-0.39, 0.29) is 0 Å². The van der Waals surface area contributed by atoms with Crippen LogP contribution in [0.4, 0.5) is 11.8 Å². The van der Waals surface area contributed by atoms with E-state index in [0.717, 1.165) is 51.5 Å². The number of hydrogen-bond acceptors (Lipinski definition) is 6. The largest absolute Gasteiger partial charge is 0.354 e. The molecule has 3 heterocycles. The normalized spacial score (nSPS) is 17.8. The molecule has 7 nitrogen and oxygen atoms in total. The number of anilines is 2. The molecule has 134 valence electrons. The Morgan fingerprint density at radius 3 is 2.80 bits per heavy atom. The number of nitrogens with zero attached hydrogens (tertiary/aromatic N) is 6. The predicted molar refractivity (Wildman–Crippen MR) is 98.9 cm³/mol. The summed E-state index contributed by atoms with van der Waals surface area (Å²) < 4.78 is 2.10. The van der Waals surface area contributed by atoms with E-state index < -0.39 is 0 Å². The fraction of sp³-hybridized carbons (Fsp3) is 0.611. The maximum Gasteiger partial charge on any atom is 0.224 e. The zero-order valence-corrected chi connectivity index (χ0v) is 15.2. The lowest BCUT2D eigenvalue weighted by Gasteiger charge is -2.35. The highest BCUT2D eigenvalue weighted by Gasteiger charge is 2.24. The van der Waals surface area contributed by atoms with Crippen LogP contribution < -0.4 is 10.2 Å². The Balaban J connectivity index is 1.38. The Kier molecular flexibility index (Phi) is 4.57. The minimum atomic E-state index is 0.716. The molecule has 0 amide bonds. The molecule has 0 atom stereocenters. The zero-order chi connectivity index (χ0) is 17.2. The third kappa shape index (κ3) is 3.33. The number of fused-ring (bicyclic) bond motifs is 1. The second-order valence-corrected chi connectivity index (χ2v) is 6.88. The van der Waals surface area contributed by atoms with Gasteiger partial charge in [0, 0.05) is 52.5 Å². The zero-order valence-electron chi connectivity index (χ0n) is 15.2. The molecule has 0 bridgehead atoms. The fourth-order valence-electron chi connectivity index (χ4n) is 3.90. The molecule has 1 aliphatic heterocycles. The topological polar surface area (TPSA) is 62.1 Å². The van der Waals surface area contributed by atoms with Crippen LogP contribution in [0.1, 0.15) is 30.3 Å². The summed E-state index contributed by atoms with van der Waals surface area (Å²) in [4.78, 5) is 13.8. The lowest BCUT2D eigenvalue weighted by molar-refractivity contribution is 0.242. The standard InChI is InChI=1S/C18H27N7/c1-3-19-18-20-8-7-17(21-18)25-11-9-24(10-12-25)13-16-14-5-4-6-15(14)22-23(16)2/h7-8H,3-6,9-13H2,1-2H3,(H,19,20,21). The monoisotopic (exact) mass is 341 g/mol. The Bertz CT molecular complexity index is 731. The van der Waals surface area contributed by atoms with Crippen molar-refractivity contribution in [2.24, 2.45) is 7.05 Å². The van der Waals surface area contributed by atoms with Crippen LogP contribution in [-0.4, -0.2) is 57.4 Å². The number of aromatic nitrogens is 4. The van der Waals surface area contributed by atoms with E-state index in [2.05, 4.69) is 43.7 Å². The SMILES string of the molecule is CCNc1nccc(N2CCN(Cc3c4c(nn3C)CCC4)CC2)n1. The van der Waals surface area contributed by atoms with Crippen LogP contribution in [0.15, 0.2) is 12.3 Å². The molecule has 25 heavy (non-hydrogen) atoms. The summed E-state index contributed by atoms with van der Waals surface area (Å²) in [5, 5.41) is 7.89. The van der Waals surface area contributed by atoms with Crippen molar-refractivity contribution in [3.8, 4) is 0 Å². The Morgan fingerprint density at radius 2 is 2.00 bits per heavy atom. The minimum Gasteiger partial charge on any atom is -0.354 e. The Hall–Kier alpha value is -2.15. The number of hydrogen-bond donors (Lipinski definition) is 1.